The second kappa shape index (κ2) is 4.19. The summed E-state index contributed by atoms with van der Waals surface area (Å²) < 4.78 is 12.5. The molecule has 4 saturated heterocycles. The molecule has 1 saturated carbocycles. The van der Waals surface area contributed by atoms with Crippen molar-refractivity contribution in [1.29, 1.82) is 0 Å². The highest BCUT2D eigenvalue weighted by molar-refractivity contribution is 5.09. The van der Waals surface area contributed by atoms with Crippen molar-refractivity contribution in [2.75, 3.05) is 0 Å². The predicted octanol–water partition coefficient (Wildman–Crippen LogP) is 3.26. The lowest BCUT2D eigenvalue weighted by Crippen LogP contribution is -2.70. The van der Waals surface area contributed by atoms with Crippen molar-refractivity contribution in [3.05, 3.63) is 0 Å². The van der Waals surface area contributed by atoms with Gasteiger partial charge < -0.3 is 9.47 Å². The van der Waals surface area contributed by atoms with Crippen molar-refractivity contribution in [3.63, 3.8) is 0 Å². The van der Waals surface area contributed by atoms with Gasteiger partial charge in [-0.05, 0) is 50.9 Å². The minimum absolute atomic E-state index is 0.219. The van der Waals surface area contributed by atoms with Crippen LogP contribution in [0.3, 0.4) is 0 Å². The Morgan fingerprint density at radius 2 is 1.75 bits per heavy atom. The fourth-order valence-electron chi connectivity index (χ4n) is 5.08. The largest absolute Gasteiger partial charge is 0.346 e. The Morgan fingerprint density at radius 3 is 2.55 bits per heavy atom. The average molecular weight is 282 g/mol. The highest BCUT2D eigenvalue weighted by atomic mass is 17.3. The van der Waals surface area contributed by atoms with E-state index in [1.54, 1.807) is 0 Å². The van der Waals surface area contributed by atoms with Crippen LogP contribution in [-0.4, -0.2) is 23.8 Å². The van der Waals surface area contributed by atoms with Gasteiger partial charge in [-0.25, -0.2) is 9.78 Å². The first kappa shape index (κ1) is 13.5. The molecule has 5 aliphatic rings. The molecule has 4 heteroatoms. The molecule has 20 heavy (non-hydrogen) atoms. The Kier molecular flexibility index (Phi) is 2.83. The van der Waals surface area contributed by atoms with Crippen molar-refractivity contribution >= 4 is 0 Å². The van der Waals surface area contributed by atoms with Gasteiger partial charge in [0, 0.05) is 12.3 Å². The van der Waals surface area contributed by atoms with Crippen LogP contribution in [0.2, 0.25) is 0 Å². The lowest BCUT2D eigenvalue weighted by molar-refractivity contribution is -0.570. The number of rotatable bonds is 0. The van der Waals surface area contributed by atoms with Crippen molar-refractivity contribution in [3.8, 4) is 0 Å². The van der Waals surface area contributed by atoms with E-state index in [0.717, 1.165) is 12.8 Å². The first-order valence-electron chi connectivity index (χ1n) is 8.16. The summed E-state index contributed by atoms with van der Waals surface area (Å²) in [5.74, 6) is 1.44. The summed E-state index contributed by atoms with van der Waals surface area (Å²) in [5.41, 5.74) is -0.389. The Bertz CT molecular complexity index is 409. The molecule has 5 rings (SSSR count). The molecule has 1 aliphatic carbocycles. The third-order valence-corrected chi connectivity index (χ3v) is 6.49. The second-order valence-electron chi connectivity index (χ2n) is 7.61. The maximum absolute atomic E-state index is 6.23. The van der Waals surface area contributed by atoms with Crippen LogP contribution in [0.1, 0.15) is 53.4 Å². The minimum atomic E-state index is -0.641. The maximum atomic E-state index is 6.23. The summed E-state index contributed by atoms with van der Waals surface area (Å²) in [6.07, 6.45) is 4.41. The van der Waals surface area contributed by atoms with E-state index in [2.05, 4.69) is 20.8 Å². The molecule has 0 aromatic carbocycles. The van der Waals surface area contributed by atoms with Crippen molar-refractivity contribution in [2.24, 2.45) is 23.7 Å². The van der Waals surface area contributed by atoms with Crippen LogP contribution in [0, 0.1) is 23.7 Å². The number of hydrogen-bond acceptors (Lipinski definition) is 4. The molecule has 0 radical (unpaired) electrons. The van der Waals surface area contributed by atoms with Crippen LogP contribution in [0.25, 0.3) is 0 Å². The zero-order valence-corrected chi connectivity index (χ0v) is 12.9. The summed E-state index contributed by atoms with van der Waals surface area (Å²) in [5, 5.41) is 0. The summed E-state index contributed by atoms with van der Waals surface area (Å²) >= 11 is 0. The van der Waals surface area contributed by atoms with Crippen LogP contribution in [0.4, 0.5) is 0 Å². The highest BCUT2D eigenvalue weighted by Crippen LogP contribution is 2.60. The molecule has 4 heterocycles. The van der Waals surface area contributed by atoms with E-state index in [1.165, 1.54) is 12.8 Å². The molecule has 114 valence electrons. The molecular weight excluding hydrogens is 256 g/mol. The fourth-order valence-corrected chi connectivity index (χ4v) is 5.08. The molecule has 0 N–H and O–H groups in total. The third kappa shape index (κ3) is 1.57. The van der Waals surface area contributed by atoms with Crippen LogP contribution < -0.4 is 0 Å². The molecule has 4 aliphatic heterocycles. The normalized spacial score (nSPS) is 61.8. The molecule has 2 bridgehead atoms. The van der Waals surface area contributed by atoms with Crippen LogP contribution in [-0.2, 0) is 19.2 Å². The van der Waals surface area contributed by atoms with Gasteiger partial charge in [0.05, 0.1) is 6.10 Å². The molecule has 8 atom stereocenters. The van der Waals surface area contributed by atoms with E-state index < -0.39 is 5.79 Å². The van der Waals surface area contributed by atoms with Gasteiger partial charge in [0.25, 0.3) is 0 Å². The fraction of sp³-hybridized carbons (Fsp3) is 1.00. The number of ether oxygens (including phenoxy) is 2. The standard InChI is InChI=1S/C16H26O4/c1-9-5-6-13-10(2)11(3)17-14-16(13)12(9)7-8-15(4,18-14)19-20-16/h9-14H,5-8H2,1-4H3/t9-,10+,11-,12+,13+,14-,15?,16-/m1/s1. The molecule has 5 fully saturated rings. The van der Waals surface area contributed by atoms with Crippen LogP contribution in [0.5, 0.6) is 0 Å². The van der Waals surface area contributed by atoms with E-state index in [9.17, 15) is 0 Å². The smallest absolute Gasteiger partial charge is 0.201 e. The van der Waals surface area contributed by atoms with Gasteiger partial charge >= 0.3 is 0 Å². The van der Waals surface area contributed by atoms with Gasteiger partial charge in [-0.15, -0.1) is 0 Å². The van der Waals surface area contributed by atoms with Gasteiger partial charge in [-0.3, -0.25) is 0 Å². The van der Waals surface area contributed by atoms with Gasteiger partial charge in [0.15, 0.2) is 11.9 Å². The lowest BCUT2D eigenvalue weighted by Gasteiger charge is -2.60. The van der Waals surface area contributed by atoms with Crippen LogP contribution in [0.15, 0.2) is 0 Å². The summed E-state index contributed by atoms with van der Waals surface area (Å²) in [6.45, 7) is 8.77. The number of fused-ring (bicyclic) bond motifs is 2. The Labute approximate surface area is 121 Å². The molecule has 1 unspecified atom stereocenters. The molecule has 0 amide bonds. The quantitative estimate of drug-likeness (QED) is 0.639. The zero-order chi connectivity index (χ0) is 14.1. The molecule has 0 aromatic rings. The predicted molar refractivity (Wildman–Crippen MR) is 72.5 cm³/mol. The Morgan fingerprint density at radius 1 is 0.950 bits per heavy atom. The van der Waals surface area contributed by atoms with Gasteiger partial charge in [-0.2, -0.15) is 0 Å². The highest BCUT2D eigenvalue weighted by Gasteiger charge is 2.68. The zero-order valence-electron chi connectivity index (χ0n) is 12.9. The minimum Gasteiger partial charge on any atom is -0.346 e. The van der Waals surface area contributed by atoms with Crippen molar-refractivity contribution < 1.29 is 19.2 Å². The molecular formula is C16H26O4. The molecule has 4 nitrogen and oxygen atoms in total. The van der Waals surface area contributed by atoms with E-state index in [4.69, 9.17) is 19.2 Å². The Hall–Kier alpha value is -0.160. The molecule has 0 aromatic heterocycles. The summed E-state index contributed by atoms with van der Waals surface area (Å²) in [4.78, 5) is 11.8. The first-order chi connectivity index (χ1) is 9.46. The van der Waals surface area contributed by atoms with E-state index in [-0.39, 0.29) is 18.0 Å². The maximum Gasteiger partial charge on any atom is 0.201 e. The van der Waals surface area contributed by atoms with Crippen molar-refractivity contribution in [2.45, 2.75) is 77.2 Å². The van der Waals surface area contributed by atoms with Crippen LogP contribution >= 0.6 is 0 Å². The monoisotopic (exact) mass is 282 g/mol. The van der Waals surface area contributed by atoms with Gasteiger partial charge in [0.2, 0.25) is 5.79 Å². The first-order valence-corrected chi connectivity index (χ1v) is 8.16. The van der Waals surface area contributed by atoms with Gasteiger partial charge in [0.1, 0.15) is 0 Å². The second-order valence-corrected chi connectivity index (χ2v) is 7.61. The Balaban J connectivity index is 1.82. The van der Waals surface area contributed by atoms with Crippen molar-refractivity contribution in [1.82, 2.24) is 0 Å². The average Bonchev–Trinajstić information content (AvgIpc) is 2.63. The number of hydrogen-bond donors (Lipinski definition) is 0. The van der Waals surface area contributed by atoms with E-state index in [1.807, 2.05) is 6.92 Å². The lowest BCUT2D eigenvalue weighted by atomic mass is 9.57. The van der Waals surface area contributed by atoms with E-state index >= 15 is 0 Å². The topological polar surface area (TPSA) is 36.9 Å². The van der Waals surface area contributed by atoms with Gasteiger partial charge in [-0.1, -0.05) is 13.8 Å². The summed E-state index contributed by atoms with van der Waals surface area (Å²) in [6, 6.07) is 0. The van der Waals surface area contributed by atoms with E-state index in [0.29, 0.717) is 23.7 Å². The SMILES string of the molecule is C[C@H]1[C@@H](C)O[C@@H]2OC3(C)CC[C@H]4[C@H](C)CC[C@@H]1[C@@]24OO3. The summed E-state index contributed by atoms with van der Waals surface area (Å²) in [7, 11) is 0. The third-order valence-electron chi connectivity index (χ3n) is 6.49. The molecule has 1 spiro atoms.